The summed E-state index contributed by atoms with van der Waals surface area (Å²) in [5.41, 5.74) is 4.07. The van der Waals surface area contributed by atoms with Crippen LogP contribution >= 0.6 is 0 Å². The van der Waals surface area contributed by atoms with Crippen molar-refractivity contribution in [2.24, 2.45) is 5.84 Å². The molecule has 3 N–H and O–H groups in total. The number of aromatic nitrogens is 1. The van der Waals surface area contributed by atoms with Crippen molar-refractivity contribution in [1.82, 2.24) is 4.98 Å². The number of hydrogen-bond acceptors (Lipinski definition) is 4. The van der Waals surface area contributed by atoms with Gasteiger partial charge in [-0.05, 0) is 18.6 Å². The van der Waals surface area contributed by atoms with Crippen molar-refractivity contribution in [2.45, 2.75) is 20.3 Å². The van der Waals surface area contributed by atoms with Gasteiger partial charge >= 0.3 is 0 Å². The predicted octanol–water partition coefficient (Wildman–Crippen LogP) is 2.83. The standard InChI is InChI=1S/C12H16FN3O/c1-4-9(13)11(5-2)17-12-6-8(3)10(16-14)7-15-12/h4,6-7,16H,1,5,14H2,2-3H3/b11-9-. The normalized spacial score (nSPS) is 11.8. The minimum atomic E-state index is -0.479. The molecule has 1 aromatic rings. The Morgan fingerprint density at radius 1 is 1.71 bits per heavy atom. The number of halogens is 1. The fourth-order valence-electron chi connectivity index (χ4n) is 1.27. The average molecular weight is 237 g/mol. The number of aryl methyl sites for hydroxylation is 1. The van der Waals surface area contributed by atoms with Crippen LogP contribution in [-0.2, 0) is 0 Å². The zero-order valence-corrected chi connectivity index (χ0v) is 9.96. The summed E-state index contributed by atoms with van der Waals surface area (Å²) in [6, 6.07) is 1.68. The van der Waals surface area contributed by atoms with Gasteiger partial charge in [-0.25, -0.2) is 9.37 Å². The van der Waals surface area contributed by atoms with Crippen LogP contribution in [0, 0.1) is 6.92 Å². The maximum absolute atomic E-state index is 13.3. The van der Waals surface area contributed by atoms with Crippen LogP contribution in [0.2, 0.25) is 0 Å². The van der Waals surface area contributed by atoms with Crippen LogP contribution in [0.1, 0.15) is 18.9 Å². The molecular formula is C12H16FN3O. The van der Waals surface area contributed by atoms with Gasteiger partial charge in [0.25, 0.3) is 0 Å². The van der Waals surface area contributed by atoms with Gasteiger partial charge in [-0.1, -0.05) is 13.5 Å². The fraction of sp³-hybridized carbons (Fsp3) is 0.250. The number of anilines is 1. The van der Waals surface area contributed by atoms with Gasteiger partial charge in [0, 0.05) is 12.5 Å². The average Bonchev–Trinajstić information content (AvgIpc) is 2.35. The third-order valence-electron chi connectivity index (χ3n) is 2.24. The maximum Gasteiger partial charge on any atom is 0.219 e. The first kappa shape index (κ1) is 13.2. The van der Waals surface area contributed by atoms with Gasteiger partial charge in [-0.2, -0.15) is 0 Å². The van der Waals surface area contributed by atoms with E-state index in [4.69, 9.17) is 10.6 Å². The van der Waals surface area contributed by atoms with Gasteiger partial charge in [-0.3, -0.25) is 5.84 Å². The molecule has 5 heteroatoms. The second-order valence-corrected chi connectivity index (χ2v) is 3.41. The third-order valence-corrected chi connectivity index (χ3v) is 2.24. The van der Waals surface area contributed by atoms with E-state index in [0.717, 1.165) is 11.6 Å². The van der Waals surface area contributed by atoms with Gasteiger partial charge in [-0.15, -0.1) is 0 Å². The second-order valence-electron chi connectivity index (χ2n) is 3.41. The molecule has 0 saturated carbocycles. The Kier molecular flexibility index (Phi) is 4.66. The minimum Gasteiger partial charge on any atom is -0.440 e. The van der Waals surface area contributed by atoms with Gasteiger partial charge in [0.2, 0.25) is 5.88 Å². The van der Waals surface area contributed by atoms with Crippen LogP contribution in [-0.4, -0.2) is 4.98 Å². The summed E-state index contributed by atoms with van der Waals surface area (Å²) in [5, 5.41) is 0. The van der Waals surface area contributed by atoms with Crippen LogP contribution in [0.3, 0.4) is 0 Å². The van der Waals surface area contributed by atoms with Gasteiger partial charge in [0.15, 0.2) is 5.83 Å². The number of pyridine rings is 1. The number of rotatable bonds is 5. The van der Waals surface area contributed by atoms with E-state index in [2.05, 4.69) is 17.0 Å². The molecule has 0 aromatic carbocycles. The molecule has 1 rings (SSSR count). The summed E-state index contributed by atoms with van der Waals surface area (Å²) in [5.74, 6) is 5.34. The number of ether oxygens (including phenoxy) is 1. The smallest absolute Gasteiger partial charge is 0.219 e. The zero-order valence-electron chi connectivity index (χ0n) is 9.96. The Bertz CT molecular complexity index is 443. The van der Waals surface area contributed by atoms with E-state index in [1.807, 2.05) is 6.92 Å². The van der Waals surface area contributed by atoms with Crippen molar-refractivity contribution in [3.05, 3.63) is 42.1 Å². The summed E-state index contributed by atoms with van der Waals surface area (Å²) in [6.07, 6.45) is 3.07. The maximum atomic E-state index is 13.3. The van der Waals surface area contributed by atoms with Gasteiger partial charge in [0.05, 0.1) is 11.9 Å². The first-order chi connectivity index (χ1) is 8.12. The lowest BCUT2D eigenvalue weighted by Crippen LogP contribution is -2.09. The van der Waals surface area contributed by atoms with E-state index < -0.39 is 5.83 Å². The highest BCUT2D eigenvalue weighted by Gasteiger charge is 2.07. The molecule has 0 aliphatic rings. The Morgan fingerprint density at radius 2 is 2.41 bits per heavy atom. The van der Waals surface area contributed by atoms with E-state index in [-0.39, 0.29) is 5.76 Å². The number of nitrogens with one attached hydrogen (secondary N) is 1. The third kappa shape index (κ3) is 3.29. The number of nitrogens with zero attached hydrogens (tertiary/aromatic N) is 1. The quantitative estimate of drug-likeness (QED) is 0.358. The summed E-state index contributed by atoms with van der Waals surface area (Å²) >= 11 is 0. The largest absolute Gasteiger partial charge is 0.440 e. The lowest BCUT2D eigenvalue weighted by Gasteiger charge is -2.10. The predicted molar refractivity (Wildman–Crippen MR) is 66.0 cm³/mol. The molecule has 4 nitrogen and oxygen atoms in total. The summed E-state index contributed by atoms with van der Waals surface area (Å²) in [7, 11) is 0. The molecule has 0 fully saturated rings. The van der Waals surface area contributed by atoms with E-state index in [9.17, 15) is 4.39 Å². The molecule has 0 aliphatic carbocycles. The van der Waals surface area contributed by atoms with Crippen molar-refractivity contribution < 1.29 is 9.13 Å². The summed E-state index contributed by atoms with van der Waals surface area (Å²) < 4.78 is 18.7. The Balaban J connectivity index is 2.95. The van der Waals surface area contributed by atoms with Crippen molar-refractivity contribution in [3.8, 4) is 5.88 Å². The highest BCUT2D eigenvalue weighted by Crippen LogP contribution is 2.21. The lowest BCUT2D eigenvalue weighted by molar-refractivity contribution is 0.371. The van der Waals surface area contributed by atoms with Crippen LogP contribution in [0.4, 0.5) is 10.1 Å². The van der Waals surface area contributed by atoms with E-state index >= 15 is 0 Å². The second kappa shape index (κ2) is 6.00. The van der Waals surface area contributed by atoms with Crippen LogP contribution in [0.5, 0.6) is 5.88 Å². The Hall–Kier alpha value is -1.88. The zero-order chi connectivity index (χ0) is 12.8. The number of hydrogen-bond donors (Lipinski definition) is 2. The highest BCUT2D eigenvalue weighted by atomic mass is 19.1. The number of nitrogen functional groups attached to an aromatic ring is 1. The van der Waals surface area contributed by atoms with E-state index in [1.165, 1.54) is 6.20 Å². The highest BCUT2D eigenvalue weighted by molar-refractivity contribution is 5.49. The number of hydrazine groups is 1. The SMILES string of the molecule is C=C/C(F)=C(\CC)Oc1cc(C)c(NN)cn1. The summed E-state index contributed by atoms with van der Waals surface area (Å²) in [4.78, 5) is 4.01. The van der Waals surface area contributed by atoms with Crippen molar-refractivity contribution in [1.29, 1.82) is 0 Å². The molecule has 0 radical (unpaired) electrons. The van der Waals surface area contributed by atoms with E-state index in [1.54, 1.807) is 13.0 Å². The molecule has 0 atom stereocenters. The molecule has 0 unspecified atom stereocenters. The summed E-state index contributed by atoms with van der Waals surface area (Å²) in [6.45, 7) is 7.00. The molecule has 0 saturated heterocycles. The van der Waals surface area contributed by atoms with Crippen LogP contribution in [0.15, 0.2) is 36.5 Å². The minimum absolute atomic E-state index is 0.209. The molecule has 0 spiro atoms. The monoisotopic (exact) mass is 237 g/mol. The Labute approximate surface area is 100.0 Å². The topological polar surface area (TPSA) is 60.2 Å². The first-order valence-electron chi connectivity index (χ1n) is 5.24. The molecule has 92 valence electrons. The molecule has 0 aliphatic heterocycles. The first-order valence-corrected chi connectivity index (χ1v) is 5.24. The number of nitrogens with two attached hydrogens (primary N) is 1. The van der Waals surface area contributed by atoms with Gasteiger partial charge < -0.3 is 10.2 Å². The van der Waals surface area contributed by atoms with Crippen molar-refractivity contribution in [2.75, 3.05) is 5.43 Å². The van der Waals surface area contributed by atoms with Crippen LogP contribution in [0.25, 0.3) is 0 Å². The Morgan fingerprint density at radius 3 is 2.88 bits per heavy atom. The van der Waals surface area contributed by atoms with Gasteiger partial charge in [0.1, 0.15) is 5.76 Å². The molecule has 0 bridgehead atoms. The lowest BCUT2D eigenvalue weighted by atomic mass is 10.2. The van der Waals surface area contributed by atoms with E-state index in [0.29, 0.717) is 18.0 Å². The number of allylic oxidation sites excluding steroid dienone is 3. The molecule has 17 heavy (non-hydrogen) atoms. The molecule has 1 heterocycles. The van der Waals surface area contributed by atoms with Crippen LogP contribution < -0.4 is 16.0 Å². The molecule has 1 aromatic heterocycles. The molecule has 0 amide bonds. The van der Waals surface area contributed by atoms with Crippen molar-refractivity contribution in [3.63, 3.8) is 0 Å². The molecular weight excluding hydrogens is 221 g/mol. The van der Waals surface area contributed by atoms with Crippen molar-refractivity contribution >= 4 is 5.69 Å². The fourth-order valence-corrected chi connectivity index (χ4v) is 1.27.